The van der Waals surface area contributed by atoms with Crippen LogP contribution in [0.25, 0.3) is 10.4 Å². The summed E-state index contributed by atoms with van der Waals surface area (Å²) in [5.41, 5.74) is 8.07. The van der Waals surface area contributed by atoms with E-state index in [1.807, 2.05) is 0 Å². The minimum absolute atomic E-state index is 0.224. The van der Waals surface area contributed by atoms with Crippen LogP contribution in [0.15, 0.2) is 5.11 Å². The van der Waals surface area contributed by atoms with E-state index in [1.165, 1.54) is 4.90 Å². The highest BCUT2D eigenvalue weighted by molar-refractivity contribution is 6.06. The molecule has 2 saturated heterocycles. The van der Waals surface area contributed by atoms with Crippen molar-refractivity contribution in [2.45, 2.75) is 0 Å². The summed E-state index contributed by atoms with van der Waals surface area (Å²) in [5.74, 6) is -1.89. The number of nitrogens with one attached hydrogen (secondary N) is 1. The van der Waals surface area contributed by atoms with E-state index in [9.17, 15) is 14.4 Å². The molecular formula is C8H9N5O3. The lowest BCUT2D eigenvalue weighted by molar-refractivity contribution is -0.130. The number of imide groups is 1. The fraction of sp³-hybridized carbons (Fsp3) is 0.625. The minimum Gasteiger partial charge on any atom is -0.341 e. The molecule has 0 aromatic carbocycles. The summed E-state index contributed by atoms with van der Waals surface area (Å²) in [6.07, 6.45) is 0. The Labute approximate surface area is 90.2 Å². The first-order valence-electron chi connectivity index (χ1n) is 4.77. The number of fused-ring (bicyclic) bond motifs is 1. The first kappa shape index (κ1) is 10.4. The van der Waals surface area contributed by atoms with Crippen LogP contribution in [0.1, 0.15) is 0 Å². The number of rotatable bonds is 2. The summed E-state index contributed by atoms with van der Waals surface area (Å²) in [6.45, 7) is 0.176. The zero-order valence-corrected chi connectivity index (χ0v) is 8.29. The minimum atomic E-state index is -0.442. The van der Waals surface area contributed by atoms with Crippen LogP contribution in [0.3, 0.4) is 0 Å². The second-order valence-electron chi connectivity index (χ2n) is 3.75. The summed E-state index contributed by atoms with van der Waals surface area (Å²) < 4.78 is 0. The smallest absolute Gasteiger partial charge is 0.232 e. The van der Waals surface area contributed by atoms with Crippen LogP contribution in [-0.4, -0.2) is 42.3 Å². The third-order valence-corrected chi connectivity index (χ3v) is 2.86. The fourth-order valence-electron chi connectivity index (χ4n) is 2.04. The van der Waals surface area contributed by atoms with Crippen molar-refractivity contribution in [2.24, 2.45) is 17.0 Å². The molecule has 8 nitrogen and oxygen atoms in total. The van der Waals surface area contributed by atoms with Gasteiger partial charge in [-0.15, -0.1) is 0 Å². The molecule has 0 aliphatic carbocycles. The van der Waals surface area contributed by atoms with Gasteiger partial charge in [-0.1, -0.05) is 5.11 Å². The van der Waals surface area contributed by atoms with Crippen molar-refractivity contribution >= 4 is 17.7 Å². The predicted octanol–water partition coefficient (Wildman–Crippen LogP) is -0.972. The van der Waals surface area contributed by atoms with Gasteiger partial charge in [-0.05, 0) is 5.53 Å². The maximum atomic E-state index is 11.5. The predicted molar refractivity (Wildman–Crippen MR) is 50.7 cm³/mol. The molecule has 2 aliphatic rings. The summed E-state index contributed by atoms with van der Waals surface area (Å²) in [6, 6.07) is 0. The van der Waals surface area contributed by atoms with E-state index in [2.05, 4.69) is 15.3 Å². The SMILES string of the molecule is [N-]=[N+]=NCC(=O)N1C[C@H]2C(=O)NC(=O)[C@@H]2C1. The van der Waals surface area contributed by atoms with Crippen molar-refractivity contribution in [2.75, 3.05) is 19.6 Å². The Kier molecular flexibility index (Phi) is 2.49. The monoisotopic (exact) mass is 223 g/mol. The molecule has 2 rings (SSSR count). The largest absolute Gasteiger partial charge is 0.341 e. The van der Waals surface area contributed by atoms with Gasteiger partial charge in [-0.3, -0.25) is 19.7 Å². The van der Waals surface area contributed by atoms with Crippen molar-refractivity contribution < 1.29 is 14.4 Å². The van der Waals surface area contributed by atoms with Crippen LogP contribution in [-0.2, 0) is 14.4 Å². The quantitative estimate of drug-likeness (QED) is 0.281. The second-order valence-corrected chi connectivity index (χ2v) is 3.75. The molecule has 2 aliphatic heterocycles. The van der Waals surface area contributed by atoms with Gasteiger partial charge in [0.1, 0.15) is 6.54 Å². The average Bonchev–Trinajstić information content (AvgIpc) is 2.79. The van der Waals surface area contributed by atoms with Gasteiger partial charge in [-0.25, -0.2) is 0 Å². The maximum Gasteiger partial charge on any atom is 0.232 e. The Bertz CT molecular complexity index is 392. The molecular weight excluding hydrogens is 214 g/mol. The lowest BCUT2D eigenvalue weighted by atomic mass is 10.00. The van der Waals surface area contributed by atoms with E-state index in [0.29, 0.717) is 0 Å². The standard InChI is InChI=1S/C8H9N5O3/c9-12-10-1-6(14)13-2-4-5(3-13)8(16)11-7(4)15/h4-5H,1-3H2,(H,11,15,16)/t4-,5-/m1/s1. The summed E-state index contributed by atoms with van der Waals surface area (Å²) in [4.78, 5) is 37.9. The highest BCUT2D eigenvalue weighted by Gasteiger charge is 2.48. The van der Waals surface area contributed by atoms with Gasteiger partial charge in [0.05, 0.1) is 11.8 Å². The molecule has 2 heterocycles. The number of hydrogen-bond acceptors (Lipinski definition) is 4. The molecule has 0 aromatic rings. The van der Waals surface area contributed by atoms with Gasteiger partial charge >= 0.3 is 0 Å². The molecule has 2 fully saturated rings. The molecule has 0 bridgehead atoms. The Morgan fingerprint density at radius 3 is 2.50 bits per heavy atom. The summed E-state index contributed by atoms with van der Waals surface area (Å²) in [7, 11) is 0. The molecule has 0 spiro atoms. The third kappa shape index (κ3) is 1.59. The van der Waals surface area contributed by atoms with Gasteiger partial charge in [0.25, 0.3) is 0 Å². The molecule has 0 radical (unpaired) electrons. The van der Waals surface area contributed by atoms with Crippen molar-refractivity contribution in [1.29, 1.82) is 0 Å². The zero-order valence-electron chi connectivity index (χ0n) is 8.29. The van der Waals surface area contributed by atoms with E-state index in [-0.39, 0.29) is 37.4 Å². The number of hydrogen-bond donors (Lipinski definition) is 1. The zero-order chi connectivity index (χ0) is 11.7. The van der Waals surface area contributed by atoms with Crippen LogP contribution in [0.5, 0.6) is 0 Å². The number of azide groups is 1. The fourth-order valence-corrected chi connectivity index (χ4v) is 2.04. The molecule has 84 valence electrons. The lowest BCUT2D eigenvalue weighted by Gasteiger charge is -2.15. The number of carbonyl (C=O) groups excluding carboxylic acids is 3. The van der Waals surface area contributed by atoms with Crippen molar-refractivity contribution in [3.8, 4) is 0 Å². The second kappa shape index (κ2) is 3.82. The summed E-state index contributed by atoms with van der Waals surface area (Å²) in [5, 5.41) is 5.38. The van der Waals surface area contributed by atoms with Crippen LogP contribution in [0.2, 0.25) is 0 Å². The van der Waals surface area contributed by atoms with Gasteiger partial charge in [0.15, 0.2) is 0 Å². The molecule has 8 heteroatoms. The third-order valence-electron chi connectivity index (χ3n) is 2.86. The first-order chi connectivity index (χ1) is 7.63. The lowest BCUT2D eigenvalue weighted by Crippen LogP contribution is -2.36. The number of amides is 3. The van der Waals surface area contributed by atoms with Gasteiger partial charge < -0.3 is 4.90 Å². The Morgan fingerprint density at radius 1 is 1.44 bits per heavy atom. The number of carbonyl (C=O) groups is 3. The van der Waals surface area contributed by atoms with Crippen molar-refractivity contribution in [1.82, 2.24) is 10.2 Å². The Morgan fingerprint density at radius 2 is 2.00 bits per heavy atom. The molecule has 3 amide bonds. The van der Waals surface area contributed by atoms with E-state index in [4.69, 9.17) is 5.53 Å². The number of nitrogens with zero attached hydrogens (tertiary/aromatic N) is 4. The maximum absolute atomic E-state index is 11.5. The normalized spacial score (nSPS) is 27.4. The first-order valence-corrected chi connectivity index (χ1v) is 4.77. The Balaban J connectivity index is 2.03. The highest BCUT2D eigenvalue weighted by Crippen LogP contribution is 2.28. The van der Waals surface area contributed by atoms with E-state index in [1.54, 1.807) is 0 Å². The van der Waals surface area contributed by atoms with Crippen molar-refractivity contribution in [3.05, 3.63) is 10.4 Å². The molecule has 0 unspecified atom stereocenters. The van der Waals surface area contributed by atoms with E-state index >= 15 is 0 Å². The topological polar surface area (TPSA) is 115 Å². The van der Waals surface area contributed by atoms with Gasteiger partial charge in [0.2, 0.25) is 17.7 Å². The highest BCUT2D eigenvalue weighted by atomic mass is 16.2. The van der Waals surface area contributed by atoms with Gasteiger partial charge in [0, 0.05) is 18.0 Å². The molecule has 0 saturated carbocycles. The molecule has 1 N–H and O–H groups in total. The van der Waals surface area contributed by atoms with Crippen LogP contribution in [0.4, 0.5) is 0 Å². The van der Waals surface area contributed by atoms with Gasteiger partial charge in [-0.2, -0.15) is 0 Å². The number of likely N-dealkylation sites (tertiary alicyclic amines) is 1. The van der Waals surface area contributed by atoms with Crippen molar-refractivity contribution in [3.63, 3.8) is 0 Å². The van der Waals surface area contributed by atoms with E-state index in [0.717, 1.165) is 0 Å². The average molecular weight is 223 g/mol. The van der Waals surface area contributed by atoms with Crippen LogP contribution in [0, 0.1) is 11.8 Å². The van der Waals surface area contributed by atoms with Crippen LogP contribution < -0.4 is 5.32 Å². The molecule has 2 atom stereocenters. The Hall–Kier alpha value is -2.08. The summed E-state index contributed by atoms with van der Waals surface area (Å²) >= 11 is 0. The molecule has 0 aromatic heterocycles. The molecule has 16 heavy (non-hydrogen) atoms. The van der Waals surface area contributed by atoms with E-state index < -0.39 is 11.8 Å². The van der Waals surface area contributed by atoms with Crippen LogP contribution >= 0.6 is 0 Å².